The monoisotopic (exact) mass is 940 g/mol. The summed E-state index contributed by atoms with van der Waals surface area (Å²) in [6.07, 6.45) is 8.35. The van der Waals surface area contributed by atoms with Gasteiger partial charge in [0.15, 0.2) is 0 Å². The van der Waals surface area contributed by atoms with Gasteiger partial charge in [-0.15, -0.1) is 0 Å². The largest absolute Gasteiger partial charge is 0.494 e. The minimum Gasteiger partial charge on any atom is -0.399 e. The van der Waals surface area contributed by atoms with Crippen LogP contribution in [0, 0.1) is 23.3 Å². The molecule has 13 rings (SSSR count). The quantitative estimate of drug-likeness (QED) is 0.112. The van der Waals surface area contributed by atoms with Crippen LogP contribution in [0.2, 0.25) is 0 Å². The van der Waals surface area contributed by atoms with Gasteiger partial charge in [-0.3, -0.25) is 0 Å². The van der Waals surface area contributed by atoms with E-state index in [1.165, 1.54) is 66.3 Å². The third kappa shape index (κ3) is 7.69. The molecule has 10 heteroatoms. The van der Waals surface area contributed by atoms with Crippen LogP contribution < -0.4 is 5.46 Å². The lowest BCUT2D eigenvalue weighted by molar-refractivity contribution is -0.138. The first-order valence-corrected chi connectivity index (χ1v) is 24.6. The van der Waals surface area contributed by atoms with Crippen LogP contribution in [-0.2, 0) is 37.1 Å². The minimum absolute atomic E-state index is 0.0419. The standard InChI is InChI=1S/C59H56BF7O2/c1-53(2)54(3,4)69-60(68-53)46-19-17-44(18-20-46)58-30-27-56(28-31-58,29-32-58)42-13-7-38(8-14-42)37-5-11-41(12-6-37)55-21-24-57(25-22-55,26-23-55)43-15-9-39(10-16-43)51-47(61)33-40(34-48(51)62)52-49(63)35-45(36-50(52)64)59(65,66)67/h5-20,33-36H,21-32H2,1-4H3. The molecular weight excluding hydrogens is 884 g/mol. The van der Waals surface area contributed by atoms with Gasteiger partial charge in [0.25, 0.3) is 0 Å². The Bertz CT molecular complexity index is 2830. The third-order valence-electron chi connectivity index (χ3n) is 18.4. The molecule has 6 aromatic carbocycles. The molecule has 7 fully saturated rings. The van der Waals surface area contributed by atoms with E-state index in [2.05, 4.69) is 100 Å². The molecule has 2 nitrogen and oxygen atoms in total. The van der Waals surface area contributed by atoms with E-state index in [0.29, 0.717) is 0 Å². The van der Waals surface area contributed by atoms with Crippen LogP contribution in [0.5, 0.6) is 0 Å². The first-order valence-electron chi connectivity index (χ1n) is 24.6. The van der Waals surface area contributed by atoms with Crippen molar-refractivity contribution in [3.05, 3.63) is 172 Å². The molecule has 0 aromatic heterocycles. The van der Waals surface area contributed by atoms with Gasteiger partial charge < -0.3 is 9.31 Å². The molecule has 356 valence electrons. The Kier molecular flexibility index (Phi) is 10.8. The van der Waals surface area contributed by atoms with Crippen molar-refractivity contribution < 1.29 is 40.0 Å². The lowest BCUT2D eigenvalue weighted by Gasteiger charge is -2.54. The SMILES string of the molecule is CC1(C)OB(c2ccc(C34CCC(c5ccc(-c6ccc(C78CCC(c9ccc(-c%10c(F)cc(-c%11c(F)cc(C(F)(F)F)cc%11F)cc%10F)cc9)(CC7)CC8)cc6)cc5)(CC3)CC4)cc2)OC1(C)C. The third-order valence-corrected chi connectivity index (χ3v) is 18.4. The van der Waals surface area contributed by atoms with E-state index in [0.717, 1.165) is 61.7 Å². The van der Waals surface area contributed by atoms with Gasteiger partial charge in [-0.25, -0.2) is 17.6 Å². The van der Waals surface area contributed by atoms with Crippen LogP contribution in [0.3, 0.4) is 0 Å². The second-order valence-corrected chi connectivity index (χ2v) is 22.2. The zero-order valence-corrected chi connectivity index (χ0v) is 39.6. The van der Waals surface area contributed by atoms with Crippen LogP contribution in [-0.4, -0.2) is 18.3 Å². The number of fused-ring (bicyclic) bond motifs is 6. The molecule has 0 atom stereocenters. The highest BCUT2D eigenvalue weighted by Crippen LogP contribution is 2.60. The van der Waals surface area contributed by atoms with Gasteiger partial charge in [0.05, 0.1) is 27.9 Å². The first kappa shape index (κ1) is 46.2. The number of hydrogen-bond donors (Lipinski definition) is 0. The molecule has 6 saturated carbocycles. The van der Waals surface area contributed by atoms with Crippen molar-refractivity contribution in [2.24, 2.45) is 0 Å². The Hall–Kier alpha value is -5.19. The van der Waals surface area contributed by atoms with Crippen LogP contribution in [0.4, 0.5) is 30.7 Å². The highest BCUT2D eigenvalue weighted by molar-refractivity contribution is 6.62. The van der Waals surface area contributed by atoms with Crippen molar-refractivity contribution in [3.63, 3.8) is 0 Å². The first-order chi connectivity index (χ1) is 32.7. The highest BCUT2D eigenvalue weighted by Gasteiger charge is 2.53. The number of alkyl halides is 3. The minimum atomic E-state index is -4.98. The van der Waals surface area contributed by atoms with E-state index in [1.54, 1.807) is 12.1 Å². The van der Waals surface area contributed by atoms with E-state index < -0.39 is 46.1 Å². The van der Waals surface area contributed by atoms with Gasteiger partial charge in [-0.1, -0.05) is 97.1 Å². The second-order valence-electron chi connectivity index (χ2n) is 22.2. The molecule has 7 aliphatic rings. The van der Waals surface area contributed by atoms with Crippen molar-refractivity contribution in [1.82, 2.24) is 0 Å². The van der Waals surface area contributed by atoms with Crippen molar-refractivity contribution in [2.45, 2.75) is 144 Å². The summed E-state index contributed by atoms with van der Waals surface area (Å²) in [5, 5.41) is 0. The summed E-state index contributed by atoms with van der Waals surface area (Å²) < 4.78 is 112. The Labute approximate surface area is 400 Å². The summed E-state index contributed by atoms with van der Waals surface area (Å²) in [4.78, 5) is 0. The summed E-state index contributed by atoms with van der Waals surface area (Å²) in [6.45, 7) is 8.38. The number of hydrogen-bond acceptors (Lipinski definition) is 2. The van der Waals surface area contributed by atoms with Crippen molar-refractivity contribution >= 4 is 12.6 Å². The fourth-order valence-electron chi connectivity index (χ4n) is 13.1. The second kappa shape index (κ2) is 16.2. The Morgan fingerprint density at radius 1 is 0.377 bits per heavy atom. The van der Waals surface area contributed by atoms with Crippen LogP contribution >= 0.6 is 0 Å². The molecule has 0 unspecified atom stereocenters. The topological polar surface area (TPSA) is 18.5 Å². The molecule has 0 radical (unpaired) electrons. The fourth-order valence-corrected chi connectivity index (χ4v) is 13.1. The molecule has 0 spiro atoms. The van der Waals surface area contributed by atoms with E-state index in [1.807, 2.05) is 12.1 Å². The van der Waals surface area contributed by atoms with Gasteiger partial charge in [0.2, 0.25) is 0 Å². The van der Waals surface area contributed by atoms with Gasteiger partial charge in [0.1, 0.15) is 23.3 Å². The summed E-state index contributed by atoms with van der Waals surface area (Å²) >= 11 is 0. The number of halogens is 7. The highest BCUT2D eigenvalue weighted by atomic mass is 19.4. The zero-order valence-electron chi connectivity index (χ0n) is 39.6. The molecule has 69 heavy (non-hydrogen) atoms. The zero-order chi connectivity index (χ0) is 48.4. The molecule has 1 saturated heterocycles. The number of benzene rings is 6. The summed E-state index contributed by atoms with van der Waals surface area (Å²) in [5.74, 6) is -5.27. The average Bonchev–Trinajstić information content (AvgIpc) is 3.57. The van der Waals surface area contributed by atoms with Gasteiger partial charge in [0, 0.05) is 0 Å². The molecule has 4 bridgehead atoms. The molecular formula is C59H56BF7O2. The molecule has 1 heterocycles. The smallest absolute Gasteiger partial charge is 0.399 e. The molecule has 6 aliphatic carbocycles. The van der Waals surface area contributed by atoms with Gasteiger partial charge in [-0.2, -0.15) is 13.2 Å². The predicted octanol–water partition coefficient (Wildman–Crippen LogP) is 15.6. The maximum absolute atomic E-state index is 15.5. The van der Waals surface area contributed by atoms with E-state index >= 15 is 8.78 Å². The lowest BCUT2D eigenvalue weighted by Crippen LogP contribution is -2.46. The lowest BCUT2D eigenvalue weighted by atomic mass is 9.50. The van der Waals surface area contributed by atoms with E-state index in [-0.39, 0.29) is 63.2 Å². The maximum atomic E-state index is 15.5. The van der Waals surface area contributed by atoms with Crippen LogP contribution in [0.1, 0.15) is 133 Å². The fraction of sp³-hybridized carbons (Fsp3) is 0.390. The van der Waals surface area contributed by atoms with Gasteiger partial charge >= 0.3 is 13.3 Å². The normalized spacial score (nSPS) is 27.0. The molecule has 6 aromatic rings. The predicted molar refractivity (Wildman–Crippen MR) is 258 cm³/mol. The van der Waals surface area contributed by atoms with Crippen LogP contribution in [0.25, 0.3) is 33.4 Å². The van der Waals surface area contributed by atoms with Crippen molar-refractivity contribution in [2.75, 3.05) is 0 Å². The van der Waals surface area contributed by atoms with E-state index in [9.17, 15) is 22.0 Å². The summed E-state index contributed by atoms with van der Waals surface area (Å²) in [5.41, 5.74) is 5.69. The number of rotatable bonds is 8. The van der Waals surface area contributed by atoms with Crippen molar-refractivity contribution in [1.29, 1.82) is 0 Å². The van der Waals surface area contributed by atoms with Crippen LogP contribution in [0.15, 0.2) is 121 Å². The summed E-state index contributed by atoms with van der Waals surface area (Å²) in [7, 11) is -0.341. The van der Waals surface area contributed by atoms with E-state index in [4.69, 9.17) is 9.31 Å². The molecule has 0 amide bonds. The Morgan fingerprint density at radius 3 is 0.971 bits per heavy atom. The Morgan fingerprint density at radius 2 is 0.652 bits per heavy atom. The Balaban J connectivity index is 0.718. The van der Waals surface area contributed by atoms with Gasteiger partial charge in [-0.05, 0) is 201 Å². The maximum Gasteiger partial charge on any atom is 0.494 e. The summed E-state index contributed by atoms with van der Waals surface area (Å²) in [6, 6.07) is 36.6. The average molecular weight is 941 g/mol. The molecule has 0 N–H and O–H groups in total. The molecule has 1 aliphatic heterocycles. The van der Waals surface area contributed by atoms with Crippen molar-refractivity contribution in [3.8, 4) is 33.4 Å².